The van der Waals surface area contributed by atoms with Crippen LogP contribution in [0.5, 0.6) is 0 Å². The normalized spacial score (nSPS) is 15.1. The van der Waals surface area contributed by atoms with Crippen molar-refractivity contribution in [2.24, 2.45) is 5.92 Å². The number of fused-ring (bicyclic) bond motifs is 1. The number of nitrogens with zero attached hydrogens (tertiary/aromatic N) is 1. The number of hydrogen-bond donors (Lipinski definition) is 2. The van der Waals surface area contributed by atoms with Crippen molar-refractivity contribution in [1.29, 1.82) is 0 Å². The highest BCUT2D eigenvalue weighted by atomic mass is 16.3. The van der Waals surface area contributed by atoms with E-state index < -0.39 is 12.2 Å². The second-order valence-electron chi connectivity index (χ2n) is 4.63. The Kier molecular flexibility index (Phi) is 3.41. The molecule has 2 aromatic rings. The van der Waals surface area contributed by atoms with E-state index in [0.717, 1.165) is 10.9 Å². The van der Waals surface area contributed by atoms with Gasteiger partial charge >= 0.3 is 0 Å². The van der Waals surface area contributed by atoms with E-state index in [1.165, 1.54) is 0 Å². The van der Waals surface area contributed by atoms with E-state index in [1.54, 1.807) is 6.20 Å². The standard InChI is InChI=1S/C14H17NO2/c1-9(2)13(16)14(17)11-6-5-10-4-3-7-15-12(10)8-11/h3-9,13-14,16-17H,1-2H3. The van der Waals surface area contributed by atoms with Gasteiger partial charge in [0.1, 0.15) is 6.10 Å². The summed E-state index contributed by atoms with van der Waals surface area (Å²) in [5.41, 5.74) is 1.54. The van der Waals surface area contributed by atoms with Crippen molar-refractivity contribution in [3.8, 4) is 0 Å². The Morgan fingerprint density at radius 3 is 2.59 bits per heavy atom. The molecule has 0 saturated carbocycles. The molecule has 0 amide bonds. The largest absolute Gasteiger partial charge is 0.390 e. The third kappa shape index (κ3) is 2.46. The number of aliphatic hydroxyl groups excluding tert-OH is 2. The minimum Gasteiger partial charge on any atom is -0.390 e. The molecule has 1 aromatic heterocycles. The molecule has 0 fully saturated rings. The molecule has 0 aliphatic heterocycles. The average Bonchev–Trinajstić information content (AvgIpc) is 2.36. The second-order valence-corrected chi connectivity index (χ2v) is 4.63. The summed E-state index contributed by atoms with van der Waals surface area (Å²) >= 11 is 0. The van der Waals surface area contributed by atoms with Crippen LogP contribution in [0, 0.1) is 5.92 Å². The molecule has 1 aromatic carbocycles. The lowest BCUT2D eigenvalue weighted by Gasteiger charge is -2.21. The molecule has 3 heteroatoms. The summed E-state index contributed by atoms with van der Waals surface area (Å²) < 4.78 is 0. The van der Waals surface area contributed by atoms with Gasteiger partial charge in [0.2, 0.25) is 0 Å². The van der Waals surface area contributed by atoms with E-state index >= 15 is 0 Å². The summed E-state index contributed by atoms with van der Waals surface area (Å²) in [4.78, 5) is 4.24. The van der Waals surface area contributed by atoms with Crippen molar-refractivity contribution < 1.29 is 10.2 Å². The van der Waals surface area contributed by atoms with Crippen molar-refractivity contribution >= 4 is 10.9 Å². The van der Waals surface area contributed by atoms with Gasteiger partial charge in [0.15, 0.2) is 0 Å². The predicted molar refractivity (Wildman–Crippen MR) is 67.5 cm³/mol. The SMILES string of the molecule is CC(C)C(O)C(O)c1ccc2cccnc2c1. The highest BCUT2D eigenvalue weighted by Gasteiger charge is 2.21. The maximum Gasteiger partial charge on any atom is 0.105 e. The number of rotatable bonds is 3. The first-order valence-corrected chi connectivity index (χ1v) is 5.80. The summed E-state index contributed by atoms with van der Waals surface area (Å²) in [6.45, 7) is 3.76. The summed E-state index contributed by atoms with van der Waals surface area (Å²) in [5, 5.41) is 20.9. The minimum atomic E-state index is -0.860. The van der Waals surface area contributed by atoms with Gasteiger partial charge in [-0.3, -0.25) is 4.98 Å². The van der Waals surface area contributed by atoms with Crippen molar-refractivity contribution in [2.75, 3.05) is 0 Å². The number of benzene rings is 1. The fourth-order valence-electron chi connectivity index (χ4n) is 1.83. The quantitative estimate of drug-likeness (QED) is 0.852. The van der Waals surface area contributed by atoms with E-state index in [9.17, 15) is 10.2 Å². The maximum atomic E-state index is 10.0. The van der Waals surface area contributed by atoms with Gasteiger partial charge in [-0.25, -0.2) is 0 Å². The maximum absolute atomic E-state index is 10.0. The Balaban J connectivity index is 2.36. The molecule has 90 valence electrons. The zero-order chi connectivity index (χ0) is 12.4. The topological polar surface area (TPSA) is 53.4 Å². The predicted octanol–water partition coefficient (Wildman–Crippen LogP) is 2.29. The van der Waals surface area contributed by atoms with Gasteiger partial charge in [0.05, 0.1) is 11.6 Å². The van der Waals surface area contributed by atoms with Crippen LogP contribution in [0.25, 0.3) is 10.9 Å². The first-order chi connectivity index (χ1) is 8.09. The molecule has 0 spiro atoms. The first kappa shape index (κ1) is 12.0. The van der Waals surface area contributed by atoms with Crippen LogP contribution in [0.1, 0.15) is 25.5 Å². The molecule has 2 unspecified atom stereocenters. The van der Waals surface area contributed by atoms with Gasteiger partial charge in [0, 0.05) is 11.6 Å². The fraction of sp³-hybridized carbons (Fsp3) is 0.357. The van der Waals surface area contributed by atoms with E-state index in [0.29, 0.717) is 5.56 Å². The van der Waals surface area contributed by atoms with Crippen molar-refractivity contribution in [2.45, 2.75) is 26.1 Å². The molecule has 17 heavy (non-hydrogen) atoms. The van der Waals surface area contributed by atoms with Gasteiger partial charge < -0.3 is 10.2 Å². The Hall–Kier alpha value is -1.45. The molecule has 0 saturated heterocycles. The summed E-state index contributed by atoms with van der Waals surface area (Å²) in [7, 11) is 0. The molecule has 0 radical (unpaired) electrons. The summed E-state index contributed by atoms with van der Waals surface area (Å²) in [5.74, 6) is 0.0180. The molecule has 0 aliphatic carbocycles. The van der Waals surface area contributed by atoms with Crippen molar-refractivity contribution in [3.05, 3.63) is 42.1 Å². The molecule has 2 rings (SSSR count). The van der Waals surface area contributed by atoms with Crippen LogP contribution in [0.15, 0.2) is 36.5 Å². The van der Waals surface area contributed by atoms with E-state index in [1.807, 2.05) is 44.2 Å². The highest BCUT2D eigenvalue weighted by Crippen LogP contribution is 2.24. The van der Waals surface area contributed by atoms with E-state index in [2.05, 4.69) is 4.98 Å². The van der Waals surface area contributed by atoms with Crippen LogP contribution < -0.4 is 0 Å². The van der Waals surface area contributed by atoms with Gasteiger partial charge in [0.25, 0.3) is 0 Å². The molecule has 1 heterocycles. The Morgan fingerprint density at radius 2 is 1.88 bits per heavy atom. The first-order valence-electron chi connectivity index (χ1n) is 5.80. The molecular weight excluding hydrogens is 214 g/mol. The smallest absolute Gasteiger partial charge is 0.105 e. The van der Waals surface area contributed by atoms with Crippen LogP contribution in [-0.2, 0) is 0 Å². The van der Waals surface area contributed by atoms with Crippen LogP contribution in [0.4, 0.5) is 0 Å². The van der Waals surface area contributed by atoms with Crippen molar-refractivity contribution in [3.63, 3.8) is 0 Å². The molecule has 3 nitrogen and oxygen atoms in total. The third-order valence-corrected chi connectivity index (χ3v) is 2.98. The molecule has 2 N–H and O–H groups in total. The highest BCUT2D eigenvalue weighted by molar-refractivity contribution is 5.78. The zero-order valence-corrected chi connectivity index (χ0v) is 10.0. The monoisotopic (exact) mass is 231 g/mol. The number of pyridine rings is 1. The molecule has 0 aliphatic rings. The van der Waals surface area contributed by atoms with E-state index in [4.69, 9.17) is 0 Å². The Labute approximate surface area is 101 Å². The lowest BCUT2D eigenvalue weighted by Crippen LogP contribution is -2.23. The van der Waals surface area contributed by atoms with Gasteiger partial charge in [-0.1, -0.05) is 32.0 Å². The molecule has 2 atom stereocenters. The average molecular weight is 231 g/mol. The minimum absolute atomic E-state index is 0.0180. The van der Waals surface area contributed by atoms with E-state index in [-0.39, 0.29) is 5.92 Å². The van der Waals surface area contributed by atoms with Gasteiger partial charge in [-0.15, -0.1) is 0 Å². The van der Waals surface area contributed by atoms with Crippen LogP contribution in [0.3, 0.4) is 0 Å². The third-order valence-electron chi connectivity index (χ3n) is 2.98. The number of hydrogen-bond acceptors (Lipinski definition) is 3. The molecular formula is C14H17NO2. The zero-order valence-electron chi connectivity index (χ0n) is 10.0. The summed E-state index contributed by atoms with van der Waals surface area (Å²) in [6.07, 6.45) is 0.106. The van der Waals surface area contributed by atoms with Crippen LogP contribution >= 0.6 is 0 Å². The number of aromatic nitrogens is 1. The second kappa shape index (κ2) is 4.82. The lowest BCUT2D eigenvalue weighted by molar-refractivity contribution is -0.00933. The van der Waals surface area contributed by atoms with Gasteiger partial charge in [-0.2, -0.15) is 0 Å². The van der Waals surface area contributed by atoms with Crippen molar-refractivity contribution in [1.82, 2.24) is 4.98 Å². The molecule has 0 bridgehead atoms. The fourth-order valence-corrected chi connectivity index (χ4v) is 1.83. The lowest BCUT2D eigenvalue weighted by atomic mass is 9.95. The Morgan fingerprint density at radius 1 is 1.12 bits per heavy atom. The number of aliphatic hydroxyl groups is 2. The summed E-state index contributed by atoms with van der Waals surface area (Å²) in [6, 6.07) is 9.42. The Bertz CT molecular complexity index is 510. The van der Waals surface area contributed by atoms with Crippen LogP contribution in [0.2, 0.25) is 0 Å². The van der Waals surface area contributed by atoms with Crippen LogP contribution in [-0.4, -0.2) is 21.3 Å². The van der Waals surface area contributed by atoms with Gasteiger partial charge in [-0.05, 0) is 23.6 Å².